The van der Waals surface area contributed by atoms with Crippen molar-refractivity contribution in [2.45, 2.75) is 25.2 Å². The minimum Gasteiger partial charge on any atom is -0.317 e. The van der Waals surface area contributed by atoms with Crippen molar-refractivity contribution in [3.05, 3.63) is 34.9 Å². The molecule has 1 fully saturated rings. The molecular weight excluding hydrogens is 194 g/mol. The van der Waals surface area contributed by atoms with Gasteiger partial charge in [0.25, 0.3) is 0 Å². The second-order valence-corrected chi connectivity index (χ2v) is 4.37. The summed E-state index contributed by atoms with van der Waals surface area (Å²) < 4.78 is 0. The molecule has 1 aromatic carbocycles. The van der Waals surface area contributed by atoms with Gasteiger partial charge in [-0.3, -0.25) is 0 Å². The van der Waals surface area contributed by atoms with Gasteiger partial charge in [0.05, 0.1) is 0 Å². The number of halogens is 1. The van der Waals surface area contributed by atoms with Crippen LogP contribution in [0.4, 0.5) is 0 Å². The third-order valence-corrected chi connectivity index (χ3v) is 3.13. The smallest absolute Gasteiger partial charge is 0.0408 e. The molecule has 1 N–H and O–H groups in total. The lowest BCUT2D eigenvalue weighted by atomic mass is 9.92. The quantitative estimate of drug-likeness (QED) is 0.749. The van der Waals surface area contributed by atoms with Gasteiger partial charge >= 0.3 is 0 Å². The average Bonchev–Trinajstić information content (AvgIpc) is 2.45. The van der Waals surface area contributed by atoms with Crippen LogP contribution in [0.5, 0.6) is 0 Å². The maximum atomic E-state index is 5.99. The molecule has 0 spiro atoms. The van der Waals surface area contributed by atoms with Crippen LogP contribution in [-0.2, 0) is 0 Å². The number of benzene rings is 1. The zero-order valence-electron chi connectivity index (χ0n) is 8.30. The minimum absolute atomic E-state index is 0.698. The highest BCUT2D eigenvalue weighted by atomic mass is 35.5. The van der Waals surface area contributed by atoms with Gasteiger partial charge in [-0.15, -0.1) is 0 Å². The van der Waals surface area contributed by atoms with Crippen LogP contribution in [0, 0.1) is 0 Å². The molecule has 2 rings (SSSR count). The van der Waals surface area contributed by atoms with Crippen molar-refractivity contribution >= 4 is 11.6 Å². The number of hydrogen-bond acceptors (Lipinski definition) is 1. The Morgan fingerprint density at radius 3 is 3.00 bits per heavy atom. The SMILES string of the molecule is Clc1cccc(C2CCCNCC2)c1. The van der Waals surface area contributed by atoms with E-state index >= 15 is 0 Å². The molecule has 0 aromatic heterocycles. The van der Waals surface area contributed by atoms with Gasteiger partial charge in [0.1, 0.15) is 0 Å². The predicted molar refractivity (Wildman–Crippen MR) is 60.9 cm³/mol. The van der Waals surface area contributed by atoms with Crippen LogP contribution in [0.3, 0.4) is 0 Å². The molecule has 1 heterocycles. The van der Waals surface area contributed by atoms with Crippen molar-refractivity contribution in [2.24, 2.45) is 0 Å². The lowest BCUT2D eigenvalue weighted by Crippen LogP contribution is -2.13. The predicted octanol–water partition coefficient (Wildman–Crippen LogP) is 3.20. The molecule has 1 unspecified atom stereocenters. The molecule has 2 heteroatoms. The number of rotatable bonds is 1. The van der Waals surface area contributed by atoms with Crippen LogP contribution in [0.25, 0.3) is 0 Å². The normalized spacial score (nSPS) is 23.1. The number of nitrogens with one attached hydrogen (secondary N) is 1. The lowest BCUT2D eigenvalue weighted by molar-refractivity contribution is 0.609. The van der Waals surface area contributed by atoms with E-state index in [-0.39, 0.29) is 0 Å². The lowest BCUT2D eigenvalue weighted by Gasteiger charge is -2.13. The average molecular weight is 210 g/mol. The summed E-state index contributed by atoms with van der Waals surface area (Å²) in [5.41, 5.74) is 1.40. The summed E-state index contributed by atoms with van der Waals surface area (Å²) >= 11 is 5.99. The van der Waals surface area contributed by atoms with E-state index in [1.165, 1.54) is 24.8 Å². The Labute approximate surface area is 90.5 Å². The van der Waals surface area contributed by atoms with Crippen molar-refractivity contribution in [2.75, 3.05) is 13.1 Å². The Balaban J connectivity index is 2.12. The molecule has 0 aliphatic carbocycles. The molecule has 1 atom stereocenters. The number of hydrogen-bond donors (Lipinski definition) is 1. The van der Waals surface area contributed by atoms with Gasteiger partial charge in [-0.1, -0.05) is 23.7 Å². The Kier molecular flexibility index (Phi) is 3.44. The van der Waals surface area contributed by atoms with E-state index in [1.807, 2.05) is 6.07 Å². The van der Waals surface area contributed by atoms with E-state index in [1.54, 1.807) is 0 Å². The third kappa shape index (κ3) is 2.49. The van der Waals surface area contributed by atoms with Gasteiger partial charge in [-0.25, -0.2) is 0 Å². The maximum Gasteiger partial charge on any atom is 0.0408 e. The first-order valence-electron chi connectivity index (χ1n) is 5.32. The third-order valence-electron chi connectivity index (χ3n) is 2.90. The summed E-state index contributed by atoms with van der Waals surface area (Å²) in [6.07, 6.45) is 3.80. The van der Waals surface area contributed by atoms with E-state index < -0.39 is 0 Å². The summed E-state index contributed by atoms with van der Waals surface area (Å²) in [4.78, 5) is 0. The topological polar surface area (TPSA) is 12.0 Å². The fourth-order valence-corrected chi connectivity index (χ4v) is 2.31. The Hall–Kier alpha value is -0.530. The summed E-state index contributed by atoms with van der Waals surface area (Å²) in [5.74, 6) is 0.698. The molecule has 1 aromatic rings. The highest BCUT2D eigenvalue weighted by molar-refractivity contribution is 6.30. The summed E-state index contributed by atoms with van der Waals surface area (Å²) in [6, 6.07) is 8.30. The molecular formula is C12H16ClN. The van der Waals surface area contributed by atoms with Gasteiger partial charge in [0.15, 0.2) is 0 Å². The molecule has 1 nitrogen and oxygen atoms in total. The molecule has 76 valence electrons. The molecule has 1 saturated heterocycles. The standard InChI is InChI=1S/C12H16ClN/c13-12-5-1-3-11(9-12)10-4-2-7-14-8-6-10/h1,3,5,9-10,14H,2,4,6-8H2. The summed E-state index contributed by atoms with van der Waals surface area (Å²) in [5, 5.41) is 4.29. The first-order valence-corrected chi connectivity index (χ1v) is 5.70. The zero-order valence-corrected chi connectivity index (χ0v) is 9.06. The van der Waals surface area contributed by atoms with Gasteiger partial charge in [-0.05, 0) is 56.0 Å². The molecule has 0 amide bonds. The van der Waals surface area contributed by atoms with Crippen molar-refractivity contribution in [1.82, 2.24) is 5.32 Å². The monoisotopic (exact) mass is 209 g/mol. The highest BCUT2D eigenvalue weighted by Crippen LogP contribution is 2.27. The van der Waals surface area contributed by atoms with Crippen LogP contribution in [0.2, 0.25) is 5.02 Å². The van der Waals surface area contributed by atoms with Crippen LogP contribution in [0.15, 0.2) is 24.3 Å². The zero-order chi connectivity index (χ0) is 9.80. The largest absolute Gasteiger partial charge is 0.317 e. The molecule has 1 aliphatic rings. The summed E-state index contributed by atoms with van der Waals surface area (Å²) in [6.45, 7) is 2.30. The van der Waals surface area contributed by atoms with Crippen molar-refractivity contribution in [1.29, 1.82) is 0 Å². The van der Waals surface area contributed by atoms with Crippen molar-refractivity contribution in [3.8, 4) is 0 Å². The van der Waals surface area contributed by atoms with Crippen molar-refractivity contribution < 1.29 is 0 Å². The Morgan fingerprint density at radius 2 is 2.14 bits per heavy atom. The van der Waals surface area contributed by atoms with Crippen LogP contribution >= 0.6 is 11.6 Å². The van der Waals surface area contributed by atoms with Gasteiger partial charge in [-0.2, -0.15) is 0 Å². The molecule has 0 bridgehead atoms. The minimum atomic E-state index is 0.698. The second-order valence-electron chi connectivity index (χ2n) is 3.93. The molecule has 0 saturated carbocycles. The first kappa shape index (κ1) is 10.0. The summed E-state index contributed by atoms with van der Waals surface area (Å²) in [7, 11) is 0. The van der Waals surface area contributed by atoms with E-state index in [9.17, 15) is 0 Å². The van der Waals surface area contributed by atoms with Crippen molar-refractivity contribution in [3.63, 3.8) is 0 Å². The molecule has 1 aliphatic heterocycles. The van der Waals surface area contributed by atoms with Gasteiger partial charge in [0, 0.05) is 5.02 Å². The van der Waals surface area contributed by atoms with Crippen LogP contribution < -0.4 is 5.32 Å². The Bertz CT molecular complexity index is 290. The van der Waals surface area contributed by atoms with Crippen LogP contribution in [0.1, 0.15) is 30.7 Å². The highest BCUT2D eigenvalue weighted by Gasteiger charge is 2.13. The first-order chi connectivity index (χ1) is 6.86. The maximum absolute atomic E-state index is 5.99. The van der Waals surface area contributed by atoms with Gasteiger partial charge < -0.3 is 5.32 Å². The fraction of sp³-hybridized carbons (Fsp3) is 0.500. The van der Waals surface area contributed by atoms with E-state index in [0.717, 1.165) is 18.1 Å². The second kappa shape index (κ2) is 4.81. The Morgan fingerprint density at radius 1 is 1.21 bits per heavy atom. The van der Waals surface area contributed by atoms with E-state index in [2.05, 4.69) is 23.5 Å². The van der Waals surface area contributed by atoms with E-state index in [4.69, 9.17) is 11.6 Å². The molecule has 0 radical (unpaired) electrons. The fourth-order valence-electron chi connectivity index (χ4n) is 2.11. The van der Waals surface area contributed by atoms with Crippen LogP contribution in [-0.4, -0.2) is 13.1 Å². The van der Waals surface area contributed by atoms with Gasteiger partial charge in [0.2, 0.25) is 0 Å². The molecule has 14 heavy (non-hydrogen) atoms. The van der Waals surface area contributed by atoms with E-state index in [0.29, 0.717) is 5.92 Å².